The number of benzene rings is 1. The smallest absolute Gasteiger partial charge is 0.272 e. The van der Waals surface area contributed by atoms with Crippen LogP contribution in [0.2, 0.25) is 0 Å². The molecule has 0 saturated heterocycles. The number of amides is 1. The summed E-state index contributed by atoms with van der Waals surface area (Å²) in [5.74, 6) is -0.548. The van der Waals surface area contributed by atoms with Crippen LogP contribution in [-0.2, 0) is 19.5 Å². The number of halogens is 2. The molecule has 0 bridgehead atoms. The second kappa shape index (κ2) is 6.69. The second-order valence-electron chi connectivity index (χ2n) is 4.77. The Hall–Kier alpha value is -1.92. The normalized spacial score (nSPS) is 13.2. The third-order valence-electron chi connectivity index (χ3n) is 3.36. The standard InChI is InChI=1S/C14H15FN4O.ClH/c15-10-3-1-2-9(6-10)7-17-14(20)13-11-8-16-5-4-12(11)18-19-13;/h1-3,6,16H,4-5,7-8H2,(H,17,20)(H,18,19);1H. The van der Waals surface area contributed by atoms with Crippen LogP contribution in [0.5, 0.6) is 0 Å². The average Bonchev–Trinajstić information content (AvgIpc) is 2.89. The highest BCUT2D eigenvalue weighted by atomic mass is 35.5. The number of aromatic amines is 1. The molecule has 0 fully saturated rings. The van der Waals surface area contributed by atoms with Gasteiger partial charge in [0.15, 0.2) is 5.69 Å². The number of nitrogens with one attached hydrogen (secondary N) is 3. The number of carbonyl (C=O) groups is 1. The molecule has 3 rings (SSSR count). The molecule has 1 aromatic carbocycles. The minimum absolute atomic E-state index is 0. The number of hydrogen-bond acceptors (Lipinski definition) is 3. The highest BCUT2D eigenvalue weighted by molar-refractivity contribution is 5.94. The molecule has 0 radical (unpaired) electrons. The first-order chi connectivity index (χ1) is 9.74. The van der Waals surface area contributed by atoms with E-state index in [0.717, 1.165) is 29.8 Å². The largest absolute Gasteiger partial charge is 0.347 e. The highest BCUT2D eigenvalue weighted by Gasteiger charge is 2.21. The molecular formula is C14H16ClFN4O. The zero-order chi connectivity index (χ0) is 13.9. The van der Waals surface area contributed by atoms with Crippen molar-refractivity contribution in [3.05, 3.63) is 52.6 Å². The molecule has 0 aliphatic carbocycles. The van der Waals surface area contributed by atoms with E-state index in [1.807, 2.05) is 0 Å². The second-order valence-corrected chi connectivity index (χ2v) is 4.77. The lowest BCUT2D eigenvalue weighted by molar-refractivity contribution is 0.0944. The summed E-state index contributed by atoms with van der Waals surface area (Å²) in [6.45, 7) is 1.82. The number of aromatic nitrogens is 2. The predicted octanol–water partition coefficient (Wildman–Crippen LogP) is 1.55. The Bertz CT molecular complexity index is 644. The number of rotatable bonds is 3. The lowest BCUT2D eigenvalue weighted by Crippen LogP contribution is -2.28. The maximum atomic E-state index is 13.1. The van der Waals surface area contributed by atoms with Gasteiger partial charge in [-0.3, -0.25) is 9.89 Å². The first kappa shape index (κ1) is 15.5. The number of H-pyrrole nitrogens is 1. The molecular weight excluding hydrogens is 295 g/mol. The Morgan fingerprint density at radius 1 is 1.43 bits per heavy atom. The first-order valence-corrected chi connectivity index (χ1v) is 6.53. The molecule has 112 valence electrons. The lowest BCUT2D eigenvalue weighted by Gasteiger charge is -2.12. The molecule has 2 heterocycles. The van der Waals surface area contributed by atoms with Crippen LogP contribution in [0.15, 0.2) is 24.3 Å². The third-order valence-corrected chi connectivity index (χ3v) is 3.36. The van der Waals surface area contributed by atoms with Gasteiger partial charge in [-0.2, -0.15) is 5.10 Å². The number of hydrogen-bond donors (Lipinski definition) is 3. The third kappa shape index (κ3) is 3.40. The van der Waals surface area contributed by atoms with Gasteiger partial charge in [0, 0.05) is 37.3 Å². The minimum Gasteiger partial charge on any atom is -0.347 e. The zero-order valence-electron chi connectivity index (χ0n) is 11.3. The summed E-state index contributed by atoms with van der Waals surface area (Å²) in [5, 5.41) is 13.0. The molecule has 21 heavy (non-hydrogen) atoms. The maximum absolute atomic E-state index is 13.1. The van der Waals surface area contributed by atoms with Gasteiger partial charge in [0.25, 0.3) is 5.91 Å². The van der Waals surface area contributed by atoms with Crippen molar-refractivity contribution in [3.8, 4) is 0 Å². The molecule has 0 atom stereocenters. The molecule has 1 aromatic heterocycles. The highest BCUT2D eigenvalue weighted by Crippen LogP contribution is 2.15. The van der Waals surface area contributed by atoms with Crippen LogP contribution in [0.4, 0.5) is 4.39 Å². The molecule has 5 nitrogen and oxygen atoms in total. The number of fused-ring (bicyclic) bond motifs is 1. The van der Waals surface area contributed by atoms with Gasteiger partial charge in [0.1, 0.15) is 5.82 Å². The Morgan fingerprint density at radius 2 is 2.29 bits per heavy atom. The van der Waals surface area contributed by atoms with Crippen molar-refractivity contribution in [1.29, 1.82) is 0 Å². The van der Waals surface area contributed by atoms with Gasteiger partial charge in [-0.05, 0) is 17.7 Å². The van der Waals surface area contributed by atoms with Crippen molar-refractivity contribution in [2.45, 2.75) is 19.5 Å². The van der Waals surface area contributed by atoms with E-state index < -0.39 is 0 Å². The van der Waals surface area contributed by atoms with E-state index in [0.29, 0.717) is 12.2 Å². The molecule has 1 aliphatic rings. The van der Waals surface area contributed by atoms with Gasteiger partial charge in [0.2, 0.25) is 0 Å². The summed E-state index contributed by atoms with van der Waals surface area (Å²) < 4.78 is 13.1. The Labute approximate surface area is 127 Å². The molecule has 1 amide bonds. The summed E-state index contributed by atoms with van der Waals surface area (Å²) in [5.41, 5.74) is 3.08. The van der Waals surface area contributed by atoms with Gasteiger partial charge in [-0.15, -0.1) is 12.4 Å². The number of carbonyl (C=O) groups excluding carboxylic acids is 1. The van der Waals surface area contributed by atoms with Crippen LogP contribution >= 0.6 is 12.4 Å². The van der Waals surface area contributed by atoms with Crippen LogP contribution < -0.4 is 10.6 Å². The zero-order valence-corrected chi connectivity index (χ0v) is 12.1. The Morgan fingerprint density at radius 3 is 3.10 bits per heavy atom. The van der Waals surface area contributed by atoms with Crippen molar-refractivity contribution >= 4 is 18.3 Å². The van der Waals surface area contributed by atoms with Crippen LogP contribution in [0.1, 0.15) is 27.3 Å². The van der Waals surface area contributed by atoms with E-state index in [4.69, 9.17) is 0 Å². The van der Waals surface area contributed by atoms with Crippen molar-refractivity contribution in [1.82, 2.24) is 20.8 Å². The molecule has 2 aromatic rings. The van der Waals surface area contributed by atoms with Crippen molar-refractivity contribution in [3.63, 3.8) is 0 Å². The van der Waals surface area contributed by atoms with Gasteiger partial charge in [0.05, 0.1) is 0 Å². The summed E-state index contributed by atoms with van der Waals surface area (Å²) >= 11 is 0. The fourth-order valence-corrected chi connectivity index (χ4v) is 2.33. The average molecular weight is 311 g/mol. The van der Waals surface area contributed by atoms with E-state index in [1.54, 1.807) is 12.1 Å². The van der Waals surface area contributed by atoms with Crippen molar-refractivity contribution in [2.75, 3.05) is 6.54 Å². The van der Waals surface area contributed by atoms with Gasteiger partial charge in [-0.1, -0.05) is 12.1 Å². The molecule has 0 spiro atoms. The first-order valence-electron chi connectivity index (χ1n) is 6.53. The molecule has 3 N–H and O–H groups in total. The summed E-state index contributed by atoms with van der Waals surface area (Å²) in [4.78, 5) is 12.1. The number of nitrogens with zero attached hydrogens (tertiary/aromatic N) is 1. The predicted molar refractivity (Wildman–Crippen MR) is 78.8 cm³/mol. The topological polar surface area (TPSA) is 69.8 Å². The van der Waals surface area contributed by atoms with Crippen LogP contribution in [0.3, 0.4) is 0 Å². The van der Waals surface area contributed by atoms with Crippen molar-refractivity contribution < 1.29 is 9.18 Å². The SMILES string of the molecule is Cl.O=C(NCc1cccc(F)c1)c1n[nH]c2c1CNCC2. The van der Waals surface area contributed by atoms with Crippen LogP contribution in [0, 0.1) is 5.82 Å². The maximum Gasteiger partial charge on any atom is 0.272 e. The minimum atomic E-state index is -0.307. The van der Waals surface area contributed by atoms with Crippen LogP contribution in [-0.4, -0.2) is 22.6 Å². The van der Waals surface area contributed by atoms with Gasteiger partial charge in [-0.25, -0.2) is 4.39 Å². The van der Waals surface area contributed by atoms with Crippen molar-refractivity contribution in [2.24, 2.45) is 0 Å². The van der Waals surface area contributed by atoms with Crippen LogP contribution in [0.25, 0.3) is 0 Å². The summed E-state index contributed by atoms with van der Waals surface area (Å²) in [6, 6.07) is 6.17. The fraction of sp³-hybridized carbons (Fsp3) is 0.286. The summed E-state index contributed by atoms with van der Waals surface area (Å²) in [6.07, 6.45) is 0.847. The molecule has 1 aliphatic heterocycles. The van der Waals surface area contributed by atoms with E-state index in [2.05, 4.69) is 20.8 Å². The molecule has 7 heteroatoms. The monoisotopic (exact) mass is 310 g/mol. The van der Waals surface area contributed by atoms with Gasteiger partial charge >= 0.3 is 0 Å². The quantitative estimate of drug-likeness (QED) is 0.805. The summed E-state index contributed by atoms with van der Waals surface area (Å²) in [7, 11) is 0. The van der Waals surface area contributed by atoms with E-state index in [-0.39, 0.29) is 30.7 Å². The van der Waals surface area contributed by atoms with Gasteiger partial charge < -0.3 is 10.6 Å². The molecule has 0 saturated carbocycles. The lowest BCUT2D eigenvalue weighted by atomic mass is 10.1. The van der Waals surface area contributed by atoms with E-state index >= 15 is 0 Å². The van der Waals surface area contributed by atoms with E-state index in [1.165, 1.54) is 12.1 Å². The Balaban J connectivity index is 0.00000161. The fourth-order valence-electron chi connectivity index (χ4n) is 2.33. The molecule has 0 unspecified atom stereocenters. The van der Waals surface area contributed by atoms with E-state index in [9.17, 15) is 9.18 Å². The Kier molecular flexibility index (Phi) is 4.93.